The summed E-state index contributed by atoms with van der Waals surface area (Å²) in [5.74, 6) is -0.200. The van der Waals surface area contributed by atoms with Gasteiger partial charge in [-0.25, -0.2) is 4.39 Å². The van der Waals surface area contributed by atoms with Crippen LogP contribution in [0.3, 0.4) is 0 Å². The van der Waals surface area contributed by atoms with Crippen LogP contribution in [0.15, 0.2) is 42.5 Å². The molecule has 2 aromatic rings. The summed E-state index contributed by atoms with van der Waals surface area (Å²) in [6.07, 6.45) is 0. The van der Waals surface area contributed by atoms with Crippen molar-refractivity contribution < 1.29 is 4.39 Å². The molecule has 2 rings (SSSR count). The van der Waals surface area contributed by atoms with Gasteiger partial charge in [0.05, 0.1) is 0 Å². The van der Waals surface area contributed by atoms with Gasteiger partial charge in [-0.2, -0.15) is 0 Å². The Morgan fingerprint density at radius 2 is 2.00 bits per heavy atom. The number of aryl methyl sites for hydroxylation is 1. The molecule has 100 valence electrons. The second-order valence-corrected chi connectivity index (χ2v) is 5.16. The van der Waals surface area contributed by atoms with Gasteiger partial charge in [-0.3, -0.25) is 0 Å². The highest BCUT2D eigenvalue weighted by Crippen LogP contribution is 2.17. The number of nitrogens with one attached hydrogen (secondary N) is 1. The van der Waals surface area contributed by atoms with E-state index in [1.807, 2.05) is 38.1 Å². The summed E-state index contributed by atoms with van der Waals surface area (Å²) in [6.45, 7) is 4.80. The minimum atomic E-state index is -0.200. The summed E-state index contributed by atoms with van der Waals surface area (Å²) in [5.41, 5.74) is 3.31. The summed E-state index contributed by atoms with van der Waals surface area (Å²) in [4.78, 5) is 0. The molecule has 0 saturated carbocycles. The summed E-state index contributed by atoms with van der Waals surface area (Å²) in [5, 5.41) is 4.14. The zero-order valence-electron chi connectivity index (χ0n) is 11.1. The normalized spacial score (nSPS) is 12.4. The van der Waals surface area contributed by atoms with E-state index in [2.05, 4.69) is 5.32 Å². The smallest absolute Gasteiger partial charge is 0.123 e. The predicted molar refractivity (Wildman–Crippen MR) is 77.8 cm³/mol. The molecule has 1 N–H and O–H groups in total. The highest BCUT2D eigenvalue weighted by Gasteiger charge is 2.06. The molecule has 1 nitrogen and oxygen atoms in total. The second-order valence-electron chi connectivity index (χ2n) is 4.73. The fourth-order valence-electron chi connectivity index (χ4n) is 2.01. The van der Waals surface area contributed by atoms with E-state index in [9.17, 15) is 4.39 Å². The van der Waals surface area contributed by atoms with Crippen LogP contribution in [0.1, 0.15) is 29.7 Å². The summed E-state index contributed by atoms with van der Waals surface area (Å²) < 4.78 is 13.2. The van der Waals surface area contributed by atoms with E-state index in [-0.39, 0.29) is 11.9 Å². The van der Waals surface area contributed by atoms with Crippen molar-refractivity contribution in [2.24, 2.45) is 0 Å². The summed E-state index contributed by atoms with van der Waals surface area (Å²) in [7, 11) is 0. The molecular weight excluding hydrogens is 261 g/mol. The van der Waals surface area contributed by atoms with Gasteiger partial charge in [0.15, 0.2) is 0 Å². The highest BCUT2D eigenvalue weighted by molar-refractivity contribution is 6.30. The van der Waals surface area contributed by atoms with Crippen LogP contribution >= 0.6 is 11.6 Å². The van der Waals surface area contributed by atoms with Crippen LogP contribution in [0.5, 0.6) is 0 Å². The molecule has 0 aliphatic rings. The molecule has 0 saturated heterocycles. The zero-order valence-corrected chi connectivity index (χ0v) is 11.8. The number of halogens is 2. The molecule has 0 radical (unpaired) electrons. The zero-order chi connectivity index (χ0) is 13.8. The van der Waals surface area contributed by atoms with Gasteiger partial charge < -0.3 is 5.32 Å². The molecule has 0 unspecified atom stereocenters. The van der Waals surface area contributed by atoms with Crippen LogP contribution in [0.2, 0.25) is 5.02 Å². The predicted octanol–water partition coefficient (Wildman–Crippen LogP) is 4.64. The third-order valence-corrected chi connectivity index (χ3v) is 3.49. The van der Waals surface area contributed by atoms with Crippen LogP contribution in [-0.4, -0.2) is 0 Å². The molecule has 0 aliphatic carbocycles. The minimum absolute atomic E-state index is 0.103. The number of benzene rings is 2. The molecule has 1 atom stereocenters. The van der Waals surface area contributed by atoms with Crippen molar-refractivity contribution in [3.05, 3.63) is 70.0 Å². The molecule has 0 heterocycles. The Labute approximate surface area is 118 Å². The monoisotopic (exact) mass is 277 g/mol. The summed E-state index contributed by atoms with van der Waals surface area (Å²) >= 11 is 5.93. The van der Waals surface area contributed by atoms with Crippen molar-refractivity contribution in [1.29, 1.82) is 0 Å². The first-order chi connectivity index (χ1) is 9.06. The standard InChI is InChI=1S/C16H17ClFN/c1-11-8-15(17)7-6-14(11)10-19-12(2)13-4-3-5-16(18)9-13/h3-9,12,19H,10H2,1-2H3/t12-/m0/s1. The fourth-order valence-corrected chi connectivity index (χ4v) is 2.24. The van der Waals surface area contributed by atoms with Crippen molar-refractivity contribution in [2.75, 3.05) is 0 Å². The van der Waals surface area contributed by atoms with Crippen LogP contribution in [0.4, 0.5) is 4.39 Å². The van der Waals surface area contributed by atoms with Crippen molar-refractivity contribution in [1.82, 2.24) is 5.32 Å². The lowest BCUT2D eigenvalue weighted by Gasteiger charge is -2.15. The van der Waals surface area contributed by atoms with E-state index in [0.717, 1.165) is 22.7 Å². The average molecular weight is 278 g/mol. The van der Waals surface area contributed by atoms with Gasteiger partial charge >= 0.3 is 0 Å². The third kappa shape index (κ3) is 3.79. The topological polar surface area (TPSA) is 12.0 Å². The largest absolute Gasteiger partial charge is 0.306 e. The first kappa shape index (κ1) is 14.0. The maximum atomic E-state index is 13.2. The Bertz CT molecular complexity index is 568. The molecule has 3 heteroatoms. The number of hydrogen-bond donors (Lipinski definition) is 1. The lowest BCUT2D eigenvalue weighted by molar-refractivity contribution is 0.564. The van der Waals surface area contributed by atoms with Crippen LogP contribution in [0, 0.1) is 12.7 Å². The molecule has 0 amide bonds. The first-order valence-electron chi connectivity index (χ1n) is 6.30. The lowest BCUT2D eigenvalue weighted by Crippen LogP contribution is -2.18. The molecule has 0 bridgehead atoms. The van der Waals surface area contributed by atoms with E-state index in [0.29, 0.717) is 0 Å². The van der Waals surface area contributed by atoms with E-state index in [4.69, 9.17) is 11.6 Å². The van der Waals surface area contributed by atoms with E-state index >= 15 is 0 Å². The van der Waals surface area contributed by atoms with Crippen molar-refractivity contribution in [3.8, 4) is 0 Å². The quantitative estimate of drug-likeness (QED) is 0.858. The number of rotatable bonds is 4. The van der Waals surface area contributed by atoms with Gasteiger partial charge in [-0.15, -0.1) is 0 Å². The van der Waals surface area contributed by atoms with Gasteiger partial charge in [0.25, 0.3) is 0 Å². The van der Waals surface area contributed by atoms with Gasteiger partial charge in [-0.05, 0) is 54.8 Å². The maximum absolute atomic E-state index is 13.2. The molecule has 19 heavy (non-hydrogen) atoms. The van der Waals surface area contributed by atoms with Crippen LogP contribution in [-0.2, 0) is 6.54 Å². The summed E-state index contributed by atoms with van der Waals surface area (Å²) in [6, 6.07) is 12.6. The van der Waals surface area contributed by atoms with Gasteiger partial charge in [0.2, 0.25) is 0 Å². The van der Waals surface area contributed by atoms with E-state index in [1.165, 1.54) is 11.6 Å². The minimum Gasteiger partial charge on any atom is -0.306 e. The van der Waals surface area contributed by atoms with Gasteiger partial charge in [0, 0.05) is 17.6 Å². The van der Waals surface area contributed by atoms with E-state index in [1.54, 1.807) is 12.1 Å². The lowest BCUT2D eigenvalue weighted by atomic mass is 10.1. The Balaban J connectivity index is 2.02. The highest BCUT2D eigenvalue weighted by atomic mass is 35.5. The second kappa shape index (κ2) is 6.18. The van der Waals surface area contributed by atoms with Gasteiger partial charge in [0.1, 0.15) is 5.82 Å². The van der Waals surface area contributed by atoms with Crippen molar-refractivity contribution in [3.63, 3.8) is 0 Å². The average Bonchev–Trinajstić information content (AvgIpc) is 2.37. The Morgan fingerprint density at radius 1 is 1.21 bits per heavy atom. The first-order valence-corrected chi connectivity index (χ1v) is 6.68. The fraction of sp³-hybridized carbons (Fsp3) is 0.250. The van der Waals surface area contributed by atoms with Crippen molar-refractivity contribution >= 4 is 11.6 Å². The molecule has 0 aromatic heterocycles. The molecule has 0 aliphatic heterocycles. The molecular formula is C16H17ClFN. The van der Waals surface area contributed by atoms with Crippen molar-refractivity contribution in [2.45, 2.75) is 26.4 Å². The molecule has 0 fully saturated rings. The Hall–Kier alpha value is -1.38. The van der Waals surface area contributed by atoms with E-state index < -0.39 is 0 Å². The number of hydrogen-bond acceptors (Lipinski definition) is 1. The van der Waals surface area contributed by atoms with Gasteiger partial charge in [-0.1, -0.05) is 29.8 Å². The maximum Gasteiger partial charge on any atom is 0.123 e. The Kier molecular flexibility index (Phi) is 4.56. The van der Waals surface area contributed by atoms with Crippen LogP contribution in [0.25, 0.3) is 0 Å². The molecule has 0 spiro atoms. The third-order valence-electron chi connectivity index (χ3n) is 3.25. The van der Waals surface area contributed by atoms with Crippen LogP contribution < -0.4 is 5.32 Å². The molecule has 2 aromatic carbocycles. The SMILES string of the molecule is Cc1cc(Cl)ccc1CN[C@@H](C)c1cccc(F)c1. The Morgan fingerprint density at radius 3 is 2.68 bits per heavy atom.